The number of nitrogens with zero attached hydrogens (tertiary/aromatic N) is 1. The first-order valence-electron chi connectivity index (χ1n) is 4.17. The summed E-state index contributed by atoms with van der Waals surface area (Å²) < 4.78 is 36.9. The number of halogens is 3. The molecule has 0 radical (unpaired) electrons. The third kappa shape index (κ3) is 1.71. The number of carbonyl (C=O) groups is 1. The molecule has 0 atom stereocenters. The van der Waals surface area contributed by atoms with Crippen LogP contribution in [0.25, 0.3) is 10.9 Å². The summed E-state index contributed by atoms with van der Waals surface area (Å²) in [6, 6.07) is 1.94. The molecule has 0 unspecified atom stereocenters. The first kappa shape index (κ1) is 10.5. The Balaban J connectivity index is 2.58. The summed E-state index contributed by atoms with van der Waals surface area (Å²) in [6.45, 7) is 0. The smallest absolute Gasteiger partial charge is 0.433 e. The van der Waals surface area contributed by atoms with Gasteiger partial charge in [-0.3, -0.25) is 0 Å². The van der Waals surface area contributed by atoms with Gasteiger partial charge in [0.2, 0.25) is 0 Å². The van der Waals surface area contributed by atoms with Crippen LogP contribution in [0, 0.1) is 0 Å². The fourth-order valence-electron chi connectivity index (χ4n) is 1.30. The zero-order valence-corrected chi connectivity index (χ0v) is 7.67. The number of aromatic amines is 1. The molecule has 0 spiro atoms. The maximum atomic E-state index is 12.3. The minimum absolute atomic E-state index is 0.166. The van der Waals surface area contributed by atoms with Gasteiger partial charge >= 0.3 is 12.1 Å². The highest BCUT2D eigenvalue weighted by Gasteiger charge is 2.32. The van der Waals surface area contributed by atoms with Crippen LogP contribution in [0.5, 0.6) is 0 Å². The molecule has 0 saturated heterocycles. The molecule has 2 rings (SSSR count). The van der Waals surface area contributed by atoms with Crippen molar-refractivity contribution in [3.05, 3.63) is 29.7 Å². The lowest BCUT2D eigenvalue weighted by molar-refractivity contribution is -0.141. The van der Waals surface area contributed by atoms with Crippen LogP contribution in [0.2, 0.25) is 0 Å². The van der Waals surface area contributed by atoms with Gasteiger partial charge in [-0.25, -0.2) is 9.78 Å². The lowest BCUT2D eigenvalue weighted by Gasteiger charge is -2.04. The third-order valence-corrected chi connectivity index (χ3v) is 2.03. The maximum Gasteiger partial charge on any atom is 0.433 e. The number of aromatic nitrogens is 2. The summed E-state index contributed by atoms with van der Waals surface area (Å²) in [7, 11) is 0. The first-order chi connectivity index (χ1) is 7.38. The molecule has 7 heteroatoms. The normalized spacial score (nSPS) is 11.9. The Morgan fingerprint density at radius 3 is 2.62 bits per heavy atom. The second-order valence-corrected chi connectivity index (χ2v) is 3.14. The zero-order chi connectivity index (χ0) is 11.9. The molecule has 0 aliphatic rings. The van der Waals surface area contributed by atoms with Gasteiger partial charge in [0.25, 0.3) is 0 Å². The Morgan fingerprint density at radius 2 is 2.06 bits per heavy atom. The van der Waals surface area contributed by atoms with E-state index in [1.54, 1.807) is 0 Å². The first-order valence-corrected chi connectivity index (χ1v) is 4.17. The largest absolute Gasteiger partial charge is 0.477 e. The van der Waals surface area contributed by atoms with E-state index in [-0.39, 0.29) is 16.6 Å². The Labute approximate surface area is 86.7 Å². The van der Waals surface area contributed by atoms with E-state index in [1.807, 2.05) is 0 Å². The van der Waals surface area contributed by atoms with Gasteiger partial charge in [0, 0.05) is 5.39 Å². The molecule has 16 heavy (non-hydrogen) atoms. The summed E-state index contributed by atoms with van der Waals surface area (Å²) in [5.74, 6) is -1.23. The van der Waals surface area contributed by atoms with Crippen molar-refractivity contribution in [2.75, 3.05) is 0 Å². The highest BCUT2D eigenvalue weighted by Crippen LogP contribution is 2.29. The highest BCUT2D eigenvalue weighted by molar-refractivity contribution is 5.93. The minimum atomic E-state index is -4.53. The fourth-order valence-corrected chi connectivity index (χ4v) is 1.30. The van der Waals surface area contributed by atoms with Gasteiger partial charge in [0.1, 0.15) is 11.4 Å². The standard InChI is InChI=1S/C9H5F3N2O2/c10-9(11,12)7-2-4-1-5(8(15)16)14-6(4)3-13-7/h1-3,14H,(H,15,16). The molecule has 2 aromatic rings. The zero-order valence-electron chi connectivity index (χ0n) is 7.67. The number of hydrogen-bond acceptors (Lipinski definition) is 2. The molecule has 0 aliphatic carbocycles. The van der Waals surface area contributed by atoms with Crippen LogP contribution in [0.3, 0.4) is 0 Å². The van der Waals surface area contributed by atoms with Crippen LogP contribution in [-0.4, -0.2) is 21.0 Å². The van der Waals surface area contributed by atoms with Gasteiger partial charge in [-0.15, -0.1) is 0 Å². The molecule has 0 aromatic carbocycles. The molecule has 84 valence electrons. The van der Waals surface area contributed by atoms with Gasteiger partial charge in [-0.1, -0.05) is 0 Å². The van der Waals surface area contributed by atoms with E-state index in [2.05, 4.69) is 9.97 Å². The van der Waals surface area contributed by atoms with Gasteiger partial charge in [-0.05, 0) is 12.1 Å². The number of H-pyrrole nitrogens is 1. The minimum Gasteiger partial charge on any atom is -0.477 e. The number of hydrogen-bond donors (Lipinski definition) is 2. The Hall–Kier alpha value is -2.05. The van der Waals surface area contributed by atoms with Crippen LogP contribution in [0.15, 0.2) is 18.3 Å². The van der Waals surface area contributed by atoms with Crippen LogP contribution < -0.4 is 0 Å². The topological polar surface area (TPSA) is 66.0 Å². The van der Waals surface area contributed by atoms with Gasteiger partial charge in [0.05, 0.1) is 11.7 Å². The van der Waals surface area contributed by atoms with Crippen LogP contribution in [0.1, 0.15) is 16.2 Å². The average molecular weight is 230 g/mol. The van der Waals surface area contributed by atoms with Crippen LogP contribution >= 0.6 is 0 Å². The van der Waals surface area contributed by atoms with Crippen molar-refractivity contribution in [3.8, 4) is 0 Å². The molecule has 2 N–H and O–H groups in total. The SMILES string of the molecule is O=C(O)c1cc2cc(C(F)(F)F)ncc2[nH]1. The number of carboxylic acids is 1. The molecule has 0 aliphatic heterocycles. The Kier molecular flexibility index (Phi) is 2.11. The fraction of sp³-hybridized carbons (Fsp3) is 0.111. The molecule has 0 saturated carbocycles. The molecule has 0 fully saturated rings. The van der Waals surface area contributed by atoms with Gasteiger partial charge in [0.15, 0.2) is 0 Å². The second kappa shape index (κ2) is 3.22. The van der Waals surface area contributed by atoms with Crippen molar-refractivity contribution in [1.29, 1.82) is 0 Å². The van der Waals surface area contributed by atoms with Crippen molar-refractivity contribution < 1.29 is 23.1 Å². The number of rotatable bonds is 1. The monoisotopic (exact) mass is 230 g/mol. The quantitative estimate of drug-likeness (QED) is 0.789. The van der Waals surface area contributed by atoms with Crippen LogP contribution in [-0.2, 0) is 6.18 Å². The molecule has 0 bridgehead atoms. The van der Waals surface area contributed by atoms with Crippen molar-refractivity contribution in [1.82, 2.24) is 9.97 Å². The Morgan fingerprint density at radius 1 is 1.38 bits per heavy atom. The molecular formula is C9H5F3N2O2. The maximum absolute atomic E-state index is 12.3. The summed E-state index contributed by atoms with van der Waals surface area (Å²) in [4.78, 5) is 16.2. The van der Waals surface area contributed by atoms with Crippen molar-refractivity contribution in [2.24, 2.45) is 0 Å². The molecule has 4 nitrogen and oxygen atoms in total. The molecule has 2 aromatic heterocycles. The van der Waals surface area contributed by atoms with Crippen LogP contribution in [0.4, 0.5) is 13.2 Å². The number of fused-ring (bicyclic) bond motifs is 1. The Bertz CT molecular complexity index is 559. The molecule has 2 heterocycles. The summed E-state index contributed by atoms with van der Waals surface area (Å²) >= 11 is 0. The summed E-state index contributed by atoms with van der Waals surface area (Å²) in [5, 5.41) is 8.81. The number of carboxylic acid groups (broad SMARTS) is 1. The predicted molar refractivity (Wildman–Crippen MR) is 48.1 cm³/mol. The number of aromatic carboxylic acids is 1. The van der Waals surface area contributed by atoms with E-state index in [1.165, 1.54) is 0 Å². The lowest BCUT2D eigenvalue weighted by Crippen LogP contribution is -2.06. The summed E-state index contributed by atoms with van der Waals surface area (Å²) in [5.41, 5.74) is -0.961. The van der Waals surface area contributed by atoms with E-state index in [0.717, 1.165) is 18.3 Å². The van der Waals surface area contributed by atoms with Crippen molar-refractivity contribution in [3.63, 3.8) is 0 Å². The van der Waals surface area contributed by atoms with Crippen molar-refractivity contribution in [2.45, 2.75) is 6.18 Å². The van der Waals surface area contributed by atoms with Crippen molar-refractivity contribution >= 4 is 16.9 Å². The molecular weight excluding hydrogens is 225 g/mol. The van der Waals surface area contributed by atoms with E-state index < -0.39 is 17.8 Å². The lowest BCUT2D eigenvalue weighted by atomic mass is 10.2. The van der Waals surface area contributed by atoms with E-state index in [9.17, 15) is 18.0 Å². The number of nitrogens with one attached hydrogen (secondary N) is 1. The highest BCUT2D eigenvalue weighted by atomic mass is 19.4. The predicted octanol–water partition coefficient (Wildman–Crippen LogP) is 2.28. The van der Waals surface area contributed by atoms with E-state index in [4.69, 9.17) is 5.11 Å². The van der Waals surface area contributed by atoms with Gasteiger partial charge in [-0.2, -0.15) is 13.2 Å². The summed E-state index contributed by atoms with van der Waals surface area (Å²) in [6.07, 6.45) is -3.57. The average Bonchev–Trinajstić information content (AvgIpc) is 2.58. The van der Waals surface area contributed by atoms with E-state index in [0.29, 0.717) is 0 Å². The molecule has 0 amide bonds. The third-order valence-electron chi connectivity index (χ3n) is 2.03. The number of alkyl halides is 3. The van der Waals surface area contributed by atoms with E-state index >= 15 is 0 Å². The number of pyridine rings is 1. The van der Waals surface area contributed by atoms with Gasteiger partial charge < -0.3 is 10.1 Å². The second-order valence-electron chi connectivity index (χ2n) is 3.14.